The number of carboxylic acid groups (broad SMARTS) is 5. The highest BCUT2D eigenvalue weighted by Crippen LogP contribution is 2.24. The smallest absolute Gasteiger partial charge is 0.322 e. The van der Waals surface area contributed by atoms with Crippen LogP contribution in [0.1, 0.15) is 51.4 Å². The van der Waals surface area contributed by atoms with Crippen LogP contribution in [-0.4, -0.2) is 285 Å². The number of nitrogens with one attached hydrogen (secondary N) is 7. The normalized spacial score (nSPS) is 23.6. The molecule has 4 aliphatic heterocycles. The zero-order chi connectivity index (χ0) is 60.7. The Balaban J connectivity index is 1.35. The zero-order valence-electron chi connectivity index (χ0n) is 42.7. The van der Waals surface area contributed by atoms with E-state index in [1.807, 2.05) is 5.32 Å². The zero-order valence-corrected chi connectivity index (χ0v) is 42.7. The van der Waals surface area contributed by atoms with E-state index in [1.54, 1.807) is 0 Å². The van der Waals surface area contributed by atoms with Crippen molar-refractivity contribution in [3.8, 4) is 0 Å². The number of β-amino-alcohol motifs (C(OH)–C–C–N with tert-alkyl or cyclic N) is 4. The lowest BCUT2D eigenvalue weighted by Crippen LogP contribution is -2.57. The molecule has 4 heterocycles. The highest BCUT2D eigenvalue weighted by molar-refractivity contribution is 6.00. The maximum atomic E-state index is 13.8. The second-order valence-electron chi connectivity index (χ2n) is 19.2. The maximum absolute atomic E-state index is 13.8. The molecule has 4 rings (SSSR count). The van der Waals surface area contributed by atoms with Gasteiger partial charge in [0.25, 0.3) is 0 Å². The molecule has 81 heavy (non-hydrogen) atoms. The van der Waals surface area contributed by atoms with Crippen molar-refractivity contribution in [2.75, 3.05) is 52.4 Å². The molecule has 448 valence electrons. The molecule has 0 saturated carbocycles. The molecule has 4 saturated heterocycles. The number of likely N-dealkylation sites (tertiary alicyclic amines) is 4. The molecule has 0 unspecified atom stereocenters. The number of rotatable bonds is 27. The Morgan fingerprint density at radius 1 is 0.358 bits per heavy atom. The van der Waals surface area contributed by atoms with Crippen LogP contribution in [0.3, 0.4) is 0 Å². The summed E-state index contributed by atoms with van der Waals surface area (Å²) >= 11 is 0. The summed E-state index contributed by atoms with van der Waals surface area (Å²) < 4.78 is 0. The molecule has 0 aromatic rings. The average molecular weight is 1160 g/mol. The van der Waals surface area contributed by atoms with Crippen LogP contribution in [0.15, 0.2) is 0 Å². The SMILES string of the molecule is N[C@@H](CC(=O)O)C(=O)N1C[C@H](O)C[C@H]1C(=O)NCC(=O)N[C@@H](CC(=O)O)C(=O)N1C[C@H](O)C[C@H]1C(=O)NCC(=O)N[C@@H](CC(=O)O)C(=O)N1C[C@H](O)C[C@H]1C(=O)NCC(=O)N[C@@H](CC(=O)O)C(=O)N1C[C@H](O)C[C@H]1C(=O)NCC(=O)O. The van der Waals surface area contributed by atoms with Gasteiger partial charge in [0.2, 0.25) is 65.0 Å². The summed E-state index contributed by atoms with van der Waals surface area (Å²) in [5, 5.41) is 102. The largest absolute Gasteiger partial charge is 0.481 e. The first kappa shape index (κ1) is 64.8. The average Bonchev–Trinajstić information content (AvgIpc) is 4.20. The third-order valence-electron chi connectivity index (χ3n) is 12.9. The van der Waals surface area contributed by atoms with Crippen molar-refractivity contribution in [1.29, 1.82) is 0 Å². The second kappa shape index (κ2) is 29.0. The molecule has 0 radical (unpaired) electrons. The Labute approximate surface area is 455 Å². The van der Waals surface area contributed by atoms with Crippen LogP contribution in [-0.2, 0) is 76.7 Å². The third-order valence-corrected chi connectivity index (χ3v) is 12.9. The molecule has 0 aromatic carbocycles. The first-order valence-electron chi connectivity index (χ1n) is 24.6. The number of hydrogen-bond donors (Lipinski definition) is 17. The summed E-state index contributed by atoms with van der Waals surface area (Å²) in [4.78, 5) is 206. The number of aliphatic carboxylic acids is 5. The molecule has 4 fully saturated rings. The molecule has 4 aliphatic rings. The fourth-order valence-electron chi connectivity index (χ4n) is 9.31. The van der Waals surface area contributed by atoms with E-state index in [0.29, 0.717) is 9.80 Å². The van der Waals surface area contributed by atoms with Crippen LogP contribution in [0, 0.1) is 0 Å². The number of amides is 11. The summed E-state index contributed by atoms with van der Waals surface area (Å²) in [5.41, 5.74) is 5.63. The minimum absolute atomic E-state index is 0.336. The molecule has 12 atom stereocenters. The van der Waals surface area contributed by atoms with Gasteiger partial charge in [0.15, 0.2) is 0 Å². The Hall–Kier alpha value is -8.68. The fraction of sp³-hybridized carbons (Fsp3) is 0.636. The molecular formula is C44H62N12O25. The van der Waals surface area contributed by atoms with E-state index in [0.717, 1.165) is 9.80 Å². The molecule has 11 amide bonds. The van der Waals surface area contributed by atoms with Gasteiger partial charge in [0.1, 0.15) is 48.8 Å². The third kappa shape index (κ3) is 18.7. The Bertz CT molecular complexity index is 2520. The number of carboxylic acids is 5. The van der Waals surface area contributed by atoms with E-state index in [1.165, 1.54) is 0 Å². The second-order valence-corrected chi connectivity index (χ2v) is 19.2. The lowest BCUT2D eigenvalue weighted by Gasteiger charge is -2.29. The number of carbonyl (C=O) groups excluding carboxylic acids is 11. The van der Waals surface area contributed by atoms with Crippen molar-refractivity contribution in [3.63, 3.8) is 0 Å². The standard InChI is InChI=1S/C44H62N12O25/c45-21(5-32(64)65)41(78)53-13-17(57)1-25(53)37(74)46-9-29(61)50-22(6-33(66)67)42(79)54-14-18(58)2-26(54)38(75)47-10-30(62)51-23(7-34(68)69)43(80)55-15-19(59)3-27(55)39(76)48-11-31(63)52-24(8-35(70)71)44(81)56-16-20(60)4-28(56)40(77)49-12-36(72)73/h17-28,57-60H,1-16,45H2,(H,46,74)(H,47,75)(H,48,76)(H,49,77)(H,50,61)(H,51,62)(H,52,63)(H,64,65)(H,66,67)(H,68,69)(H,70,71)(H,72,73)/t17-,18-,19-,20-,21+,22+,23+,24+,25+,26+,27+,28+/m1/s1. The van der Waals surface area contributed by atoms with Crippen molar-refractivity contribution in [1.82, 2.24) is 56.8 Å². The maximum Gasteiger partial charge on any atom is 0.322 e. The number of aliphatic hydroxyl groups is 4. The lowest BCUT2D eigenvalue weighted by atomic mass is 10.1. The van der Waals surface area contributed by atoms with Gasteiger partial charge in [-0.05, 0) is 0 Å². The van der Waals surface area contributed by atoms with Gasteiger partial charge < -0.3 is 109 Å². The number of nitrogens with two attached hydrogens (primary N) is 1. The predicted molar refractivity (Wildman–Crippen MR) is 257 cm³/mol. The Morgan fingerprint density at radius 3 is 0.827 bits per heavy atom. The van der Waals surface area contributed by atoms with E-state index < -0.39 is 258 Å². The van der Waals surface area contributed by atoms with Gasteiger partial charge in [-0.1, -0.05) is 0 Å². The number of nitrogens with zero attached hydrogens (tertiary/aromatic N) is 4. The molecule has 0 spiro atoms. The highest BCUT2D eigenvalue weighted by atomic mass is 16.4. The van der Waals surface area contributed by atoms with Gasteiger partial charge in [0.05, 0.1) is 75.8 Å². The topological polar surface area (TPSA) is 578 Å². The van der Waals surface area contributed by atoms with Crippen molar-refractivity contribution in [2.45, 2.75) is 124 Å². The summed E-state index contributed by atoms with van der Waals surface area (Å²) in [6.45, 7) is -6.03. The van der Waals surface area contributed by atoms with E-state index >= 15 is 0 Å². The van der Waals surface area contributed by atoms with Crippen LogP contribution in [0.4, 0.5) is 0 Å². The lowest BCUT2D eigenvalue weighted by molar-refractivity contribution is -0.147. The predicted octanol–water partition coefficient (Wildman–Crippen LogP) is -11.9. The van der Waals surface area contributed by atoms with Crippen LogP contribution < -0.4 is 43.0 Å². The van der Waals surface area contributed by atoms with Crippen molar-refractivity contribution in [2.24, 2.45) is 5.73 Å². The Kier molecular flexibility index (Phi) is 23.2. The van der Waals surface area contributed by atoms with Crippen LogP contribution in [0.5, 0.6) is 0 Å². The van der Waals surface area contributed by atoms with Crippen LogP contribution >= 0.6 is 0 Å². The number of hydrogen-bond acceptors (Lipinski definition) is 21. The highest BCUT2D eigenvalue weighted by Gasteiger charge is 2.46. The van der Waals surface area contributed by atoms with E-state index in [-0.39, 0.29) is 12.8 Å². The van der Waals surface area contributed by atoms with Crippen molar-refractivity contribution < 1.29 is 123 Å². The summed E-state index contributed by atoms with van der Waals surface area (Å²) in [6.07, 6.45) is -11.3. The molecule has 0 bridgehead atoms. The quantitative estimate of drug-likeness (QED) is 0.0363. The summed E-state index contributed by atoms with van der Waals surface area (Å²) in [5.74, 6) is -20.4. The van der Waals surface area contributed by atoms with Gasteiger partial charge in [-0.15, -0.1) is 0 Å². The number of aliphatic hydroxyl groups excluding tert-OH is 4. The molecular weight excluding hydrogens is 1100 g/mol. The van der Waals surface area contributed by atoms with Crippen molar-refractivity contribution >= 4 is 94.8 Å². The molecule has 18 N–H and O–H groups in total. The number of carbonyl (C=O) groups is 16. The molecule has 37 heteroatoms. The monoisotopic (exact) mass is 1160 g/mol. The summed E-state index contributed by atoms with van der Waals surface area (Å²) in [7, 11) is 0. The van der Waals surface area contributed by atoms with Crippen LogP contribution in [0.25, 0.3) is 0 Å². The minimum Gasteiger partial charge on any atom is -0.481 e. The fourth-order valence-corrected chi connectivity index (χ4v) is 9.31. The van der Waals surface area contributed by atoms with Gasteiger partial charge in [-0.3, -0.25) is 76.7 Å². The van der Waals surface area contributed by atoms with E-state index in [2.05, 4.69) is 31.9 Å². The molecule has 0 aliphatic carbocycles. The molecule has 37 nitrogen and oxygen atoms in total. The van der Waals surface area contributed by atoms with Gasteiger partial charge >= 0.3 is 29.8 Å². The first-order valence-corrected chi connectivity index (χ1v) is 24.6. The van der Waals surface area contributed by atoms with Gasteiger partial charge in [-0.2, -0.15) is 0 Å². The van der Waals surface area contributed by atoms with Gasteiger partial charge in [-0.25, -0.2) is 0 Å². The first-order chi connectivity index (χ1) is 37.9. The summed E-state index contributed by atoms with van der Waals surface area (Å²) in [6, 6.07) is -13.6. The van der Waals surface area contributed by atoms with Gasteiger partial charge in [0, 0.05) is 51.9 Å². The van der Waals surface area contributed by atoms with E-state index in [4.69, 9.17) is 15.9 Å². The minimum atomic E-state index is -2.01. The van der Waals surface area contributed by atoms with Crippen molar-refractivity contribution in [3.05, 3.63) is 0 Å². The molecule has 0 aromatic heterocycles. The Morgan fingerprint density at radius 2 is 0.593 bits per heavy atom. The van der Waals surface area contributed by atoms with Crippen LogP contribution in [0.2, 0.25) is 0 Å². The van der Waals surface area contributed by atoms with E-state index in [9.17, 15) is 112 Å².